The summed E-state index contributed by atoms with van der Waals surface area (Å²) < 4.78 is 5.19. The standard InChI is InChI=1S/C9H10N2O3S/c10-7(9-11-14-3-2-13-9)8-6(5-12)1-4-15-8/h1,4,10,12H,2-3,5H2. The molecule has 0 bridgehead atoms. The molecule has 2 rings (SSSR count). The van der Waals surface area contributed by atoms with E-state index >= 15 is 0 Å². The zero-order valence-electron chi connectivity index (χ0n) is 7.90. The van der Waals surface area contributed by atoms with Crippen LogP contribution >= 0.6 is 11.3 Å². The van der Waals surface area contributed by atoms with Crippen LogP contribution in [0.3, 0.4) is 0 Å². The highest BCUT2D eigenvalue weighted by molar-refractivity contribution is 7.13. The molecule has 2 N–H and O–H groups in total. The van der Waals surface area contributed by atoms with Gasteiger partial charge < -0.3 is 14.7 Å². The Balaban J connectivity index is 2.23. The Bertz CT molecular complexity index is 400. The van der Waals surface area contributed by atoms with Crippen LogP contribution in [0.5, 0.6) is 0 Å². The van der Waals surface area contributed by atoms with Crippen molar-refractivity contribution in [3.8, 4) is 0 Å². The molecule has 1 aliphatic heterocycles. The van der Waals surface area contributed by atoms with Gasteiger partial charge in [0.25, 0.3) is 5.90 Å². The first-order valence-electron chi connectivity index (χ1n) is 4.42. The Labute approximate surface area is 90.4 Å². The van der Waals surface area contributed by atoms with Crippen molar-refractivity contribution >= 4 is 22.9 Å². The van der Waals surface area contributed by atoms with Crippen molar-refractivity contribution in [1.82, 2.24) is 0 Å². The van der Waals surface area contributed by atoms with Crippen molar-refractivity contribution in [1.29, 1.82) is 5.41 Å². The third kappa shape index (κ3) is 2.00. The molecule has 1 aromatic rings. The number of oxime groups is 1. The van der Waals surface area contributed by atoms with E-state index in [4.69, 9.17) is 20.1 Å². The predicted molar refractivity (Wildman–Crippen MR) is 56.4 cm³/mol. The highest BCUT2D eigenvalue weighted by Gasteiger charge is 2.19. The summed E-state index contributed by atoms with van der Waals surface area (Å²) in [7, 11) is 0. The molecule has 0 spiro atoms. The number of rotatable bonds is 3. The molecule has 0 radical (unpaired) electrons. The third-order valence-corrected chi connectivity index (χ3v) is 2.89. The number of aliphatic hydroxyl groups is 1. The van der Waals surface area contributed by atoms with Crippen molar-refractivity contribution in [2.45, 2.75) is 6.61 Å². The molecular formula is C9H10N2O3S. The molecule has 0 fully saturated rings. The summed E-state index contributed by atoms with van der Waals surface area (Å²) in [6, 6.07) is 1.78. The number of hydrogen-bond acceptors (Lipinski definition) is 6. The van der Waals surface area contributed by atoms with Crippen LogP contribution in [-0.4, -0.2) is 29.9 Å². The van der Waals surface area contributed by atoms with Gasteiger partial charge in [-0.3, -0.25) is 5.41 Å². The number of hydrogen-bond donors (Lipinski definition) is 2. The largest absolute Gasteiger partial charge is 0.470 e. The number of nitrogens with zero attached hydrogens (tertiary/aromatic N) is 1. The van der Waals surface area contributed by atoms with E-state index in [9.17, 15) is 0 Å². The first-order valence-corrected chi connectivity index (χ1v) is 5.30. The number of ether oxygens (including phenoxy) is 1. The second-order valence-corrected chi connectivity index (χ2v) is 3.80. The van der Waals surface area contributed by atoms with Crippen molar-refractivity contribution in [2.75, 3.05) is 13.2 Å². The second-order valence-electron chi connectivity index (χ2n) is 2.89. The van der Waals surface area contributed by atoms with E-state index in [-0.39, 0.29) is 18.2 Å². The fourth-order valence-electron chi connectivity index (χ4n) is 1.20. The van der Waals surface area contributed by atoms with Crippen LogP contribution in [0.25, 0.3) is 0 Å². The van der Waals surface area contributed by atoms with E-state index in [0.717, 1.165) is 0 Å². The van der Waals surface area contributed by atoms with Crippen LogP contribution in [0.4, 0.5) is 0 Å². The molecular weight excluding hydrogens is 216 g/mol. The summed E-state index contributed by atoms with van der Waals surface area (Å²) in [4.78, 5) is 5.51. The van der Waals surface area contributed by atoms with E-state index in [0.29, 0.717) is 23.7 Å². The number of nitrogens with one attached hydrogen (secondary N) is 1. The van der Waals surface area contributed by atoms with Gasteiger partial charge in [-0.15, -0.1) is 11.3 Å². The molecule has 0 aliphatic carbocycles. The lowest BCUT2D eigenvalue weighted by atomic mass is 10.2. The molecule has 15 heavy (non-hydrogen) atoms. The zero-order chi connectivity index (χ0) is 10.7. The van der Waals surface area contributed by atoms with Crippen LogP contribution in [0, 0.1) is 5.41 Å². The van der Waals surface area contributed by atoms with Gasteiger partial charge >= 0.3 is 0 Å². The second kappa shape index (κ2) is 4.41. The van der Waals surface area contributed by atoms with Crippen LogP contribution < -0.4 is 0 Å². The van der Waals surface area contributed by atoms with Gasteiger partial charge in [-0.1, -0.05) is 0 Å². The Morgan fingerprint density at radius 2 is 2.47 bits per heavy atom. The lowest BCUT2D eigenvalue weighted by Crippen LogP contribution is -2.24. The minimum Gasteiger partial charge on any atom is -0.470 e. The van der Waals surface area contributed by atoms with Crippen molar-refractivity contribution < 1.29 is 14.7 Å². The lowest BCUT2D eigenvalue weighted by molar-refractivity contribution is 0.0676. The summed E-state index contributed by atoms with van der Waals surface area (Å²) >= 11 is 1.37. The maximum Gasteiger partial charge on any atom is 0.277 e. The van der Waals surface area contributed by atoms with Gasteiger partial charge in [0.2, 0.25) is 0 Å². The molecule has 1 aliphatic rings. The summed E-state index contributed by atoms with van der Waals surface area (Å²) in [5.41, 5.74) is 0.871. The smallest absolute Gasteiger partial charge is 0.277 e. The molecule has 0 aromatic carbocycles. The predicted octanol–water partition coefficient (Wildman–Crippen LogP) is 0.969. The first-order chi connectivity index (χ1) is 7.33. The summed E-state index contributed by atoms with van der Waals surface area (Å²) in [6.45, 7) is 0.727. The highest BCUT2D eigenvalue weighted by atomic mass is 32.1. The zero-order valence-corrected chi connectivity index (χ0v) is 8.71. The highest BCUT2D eigenvalue weighted by Crippen LogP contribution is 2.18. The Morgan fingerprint density at radius 1 is 1.60 bits per heavy atom. The molecule has 0 atom stereocenters. The average molecular weight is 226 g/mol. The van der Waals surface area contributed by atoms with Gasteiger partial charge in [-0.2, -0.15) is 0 Å². The topological polar surface area (TPSA) is 74.9 Å². The quantitative estimate of drug-likeness (QED) is 0.754. The van der Waals surface area contributed by atoms with Crippen LogP contribution in [0.15, 0.2) is 16.6 Å². The molecule has 80 valence electrons. The fourth-order valence-corrected chi connectivity index (χ4v) is 2.06. The molecule has 1 aromatic heterocycles. The minimum atomic E-state index is -0.0879. The van der Waals surface area contributed by atoms with Gasteiger partial charge in [0.1, 0.15) is 12.3 Å². The van der Waals surface area contributed by atoms with Gasteiger partial charge in [0.05, 0.1) is 11.5 Å². The Morgan fingerprint density at radius 3 is 3.13 bits per heavy atom. The minimum absolute atomic E-state index is 0.0879. The van der Waals surface area contributed by atoms with E-state index < -0.39 is 0 Å². The van der Waals surface area contributed by atoms with Gasteiger partial charge in [-0.05, 0) is 22.2 Å². The van der Waals surface area contributed by atoms with Crippen molar-refractivity contribution in [3.63, 3.8) is 0 Å². The van der Waals surface area contributed by atoms with Crippen LogP contribution in [0.2, 0.25) is 0 Å². The fraction of sp³-hybridized carbons (Fsp3) is 0.333. The molecule has 0 amide bonds. The summed E-state index contributed by atoms with van der Waals surface area (Å²) in [6.07, 6.45) is 0. The van der Waals surface area contributed by atoms with Gasteiger partial charge in [-0.25, -0.2) is 0 Å². The SMILES string of the molecule is N=C(C1=NOCCO1)c1sccc1CO. The molecule has 6 heteroatoms. The van der Waals surface area contributed by atoms with Gasteiger partial charge in [0, 0.05) is 0 Å². The van der Waals surface area contributed by atoms with Crippen LogP contribution in [0.1, 0.15) is 10.4 Å². The van der Waals surface area contributed by atoms with Crippen molar-refractivity contribution in [2.24, 2.45) is 5.16 Å². The summed E-state index contributed by atoms with van der Waals surface area (Å²) in [5.74, 6) is 0.179. The summed E-state index contributed by atoms with van der Waals surface area (Å²) in [5, 5.41) is 22.4. The van der Waals surface area contributed by atoms with E-state index in [1.54, 1.807) is 6.07 Å². The monoisotopic (exact) mass is 226 g/mol. The Kier molecular flexibility index (Phi) is 2.98. The van der Waals surface area contributed by atoms with E-state index in [2.05, 4.69) is 5.16 Å². The van der Waals surface area contributed by atoms with E-state index in [1.807, 2.05) is 5.38 Å². The molecule has 0 saturated carbocycles. The molecule has 5 nitrogen and oxygen atoms in total. The molecule has 0 saturated heterocycles. The lowest BCUT2D eigenvalue weighted by Gasteiger charge is -2.13. The normalized spacial score (nSPS) is 15.1. The van der Waals surface area contributed by atoms with E-state index in [1.165, 1.54) is 11.3 Å². The number of aliphatic hydroxyl groups excluding tert-OH is 1. The van der Waals surface area contributed by atoms with Gasteiger partial charge in [0.15, 0.2) is 6.61 Å². The Hall–Kier alpha value is -1.40. The molecule has 2 heterocycles. The third-order valence-electron chi connectivity index (χ3n) is 1.92. The maximum atomic E-state index is 9.05. The van der Waals surface area contributed by atoms with Crippen LogP contribution in [-0.2, 0) is 16.2 Å². The number of thiophene rings is 1. The maximum absolute atomic E-state index is 9.05. The van der Waals surface area contributed by atoms with Crippen molar-refractivity contribution in [3.05, 3.63) is 21.9 Å². The first kappa shape index (κ1) is 10.1. The molecule has 0 unspecified atom stereocenters. The average Bonchev–Trinajstić information content (AvgIpc) is 2.77.